The second-order valence-electron chi connectivity index (χ2n) is 17.2. The molecule has 0 spiro atoms. The fourth-order valence-corrected chi connectivity index (χ4v) is 12.8. The second-order valence-corrected chi connectivity index (χ2v) is 19.4. The number of nitrogens with zero attached hydrogens (tertiary/aromatic N) is 4. The van der Waals surface area contributed by atoms with Gasteiger partial charge in [-0.05, 0) is 71.8 Å². The fourth-order valence-electron chi connectivity index (χ4n) is 10.5. The van der Waals surface area contributed by atoms with Crippen molar-refractivity contribution in [1.82, 2.24) is 9.13 Å². The zero-order valence-electron chi connectivity index (χ0n) is 36.0. The summed E-state index contributed by atoms with van der Waals surface area (Å²) in [5.74, 6) is 0. The minimum Gasteiger partial charge on any atom is -0.307 e. The highest BCUT2D eigenvalue weighted by atomic mass is 32.1. The van der Waals surface area contributed by atoms with E-state index in [-0.39, 0.29) is 44.7 Å². The first-order valence-electron chi connectivity index (χ1n) is 22.0. The maximum absolute atomic E-state index is 14.8. The predicted molar refractivity (Wildman–Crippen MR) is 271 cm³/mol. The molecular weight excluding hydrogens is 931 g/mol. The molecule has 4 aromatic heterocycles. The van der Waals surface area contributed by atoms with Crippen LogP contribution >= 0.6 is 22.7 Å². The van der Waals surface area contributed by atoms with E-state index in [9.17, 15) is 36.9 Å². The lowest BCUT2D eigenvalue weighted by atomic mass is 9.86. The van der Waals surface area contributed by atoms with E-state index in [0.717, 1.165) is 64.6 Å². The molecular formula is C58H28F6N4S2. The molecule has 9 aromatic carbocycles. The number of hydrogen-bond acceptors (Lipinski definition) is 4. The number of aromatic nitrogens is 2. The number of thiophene rings is 2. The van der Waals surface area contributed by atoms with Gasteiger partial charge in [-0.15, -0.1) is 22.7 Å². The topological polar surface area (TPSA) is 57.4 Å². The van der Waals surface area contributed by atoms with Gasteiger partial charge >= 0.3 is 12.4 Å². The number of hydrogen-bond donors (Lipinski definition) is 0. The molecule has 0 bridgehead atoms. The van der Waals surface area contributed by atoms with Crippen LogP contribution in [0.1, 0.15) is 22.3 Å². The van der Waals surface area contributed by atoms with Crippen molar-refractivity contribution in [2.45, 2.75) is 12.4 Å². The zero-order chi connectivity index (χ0) is 47.8. The summed E-state index contributed by atoms with van der Waals surface area (Å²) < 4.78 is 96.0. The monoisotopic (exact) mass is 958 g/mol. The third-order valence-electron chi connectivity index (χ3n) is 13.5. The van der Waals surface area contributed by atoms with Gasteiger partial charge in [0.2, 0.25) is 0 Å². The molecule has 0 radical (unpaired) electrons. The second kappa shape index (κ2) is 15.0. The summed E-state index contributed by atoms with van der Waals surface area (Å²) in [5.41, 5.74) is 1.12. The number of para-hydroxylation sites is 2. The quantitative estimate of drug-likeness (QED) is 0.165. The van der Waals surface area contributed by atoms with E-state index >= 15 is 0 Å². The third kappa shape index (κ3) is 6.07. The van der Waals surface area contributed by atoms with Crippen LogP contribution in [0.5, 0.6) is 0 Å². The standard InChI is InChI=1S/C58H28F6N4S2/c59-57(60,61)33-19-23-37-35-9-1-5-13-45(35)67(47(37)27-33)55-43(29-65)54(32-18-22-42-40-12-4-8-16-50(40)70-52(42)26-32)56(68-46-14-6-2-10-36(46)38-24-20-34(28-48(38)68)58(62,63)64)44(30-66)53(55)31-17-21-41-39-11-3-7-15-49(39)69-51(41)25-31/h1-28H. The van der Waals surface area contributed by atoms with Crippen molar-refractivity contribution >= 4 is 107 Å². The highest BCUT2D eigenvalue weighted by Gasteiger charge is 2.36. The Morgan fingerprint density at radius 1 is 0.357 bits per heavy atom. The number of nitriles is 2. The van der Waals surface area contributed by atoms with E-state index in [4.69, 9.17) is 0 Å². The van der Waals surface area contributed by atoms with Gasteiger partial charge in [0, 0.05) is 73.0 Å². The average Bonchev–Trinajstić information content (AvgIpc) is 4.11. The molecule has 0 amide bonds. The Hall–Kier alpha value is -8.42. The number of alkyl halides is 6. The first-order valence-corrected chi connectivity index (χ1v) is 23.6. The Kier molecular flexibility index (Phi) is 8.97. The van der Waals surface area contributed by atoms with Gasteiger partial charge in [-0.1, -0.05) is 109 Å². The molecule has 0 unspecified atom stereocenters. The van der Waals surface area contributed by atoms with E-state index in [0.29, 0.717) is 43.7 Å². The Morgan fingerprint density at radius 2 is 0.700 bits per heavy atom. The van der Waals surface area contributed by atoms with Crippen LogP contribution in [-0.4, -0.2) is 9.13 Å². The molecule has 0 saturated carbocycles. The Morgan fingerprint density at radius 3 is 1.10 bits per heavy atom. The van der Waals surface area contributed by atoms with E-state index in [1.54, 1.807) is 45.5 Å². The van der Waals surface area contributed by atoms with E-state index < -0.39 is 23.5 Å². The maximum atomic E-state index is 14.8. The summed E-state index contributed by atoms with van der Waals surface area (Å²) in [5, 5.41) is 30.1. The number of rotatable bonds is 4. The first-order chi connectivity index (χ1) is 33.9. The molecule has 0 aliphatic carbocycles. The lowest BCUT2D eigenvalue weighted by Crippen LogP contribution is -2.11. The van der Waals surface area contributed by atoms with Gasteiger partial charge in [0.15, 0.2) is 0 Å². The van der Waals surface area contributed by atoms with Crippen molar-refractivity contribution in [2.75, 3.05) is 0 Å². The maximum Gasteiger partial charge on any atom is 0.416 e. The molecule has 0 saturated heterocycles. The summed E-state index contributed by atoms with van der Waals surface area (Å²) in [6.07, 6.45) is -9.47. The summed E-state index contributed by atoms with van der Waals surface area (Å²) in [6, 6.07) is 53.6. The highest BCUT2D eigenvalue weighted by Crippen LogP contribution is 2.51. The molecule has 13 aromatic rings. The molecule has 0 atom stereocenters. The van der Waals surface area contributed by atoms with Gasteiger partial charge in [0.1, 0.15) is 12.1 Å². The van der Waals surface area contributed by atoms with Crippen molar-refractivity contribution in [3.05, 3.63) is 192 Å². The van der Waals surface area contributed by atoms with E-state index in [1.165, 1.54) is 34.8 Å². The molecule has 0 aliphatic rings. The van der Waals surface area contributed by atoms with Crippen LogP contribution in [0, 0.1) is 22.7 Å². The van der Waals surface area contributed by atoms with Crippen LogP contribution < -0.4 is 0 Å². The molecule has 0 N–H and O–H groups in total. The van der Waals surface area contributed by atoms with Crippen molar-refractivity contribution in [3.63, 3.8) is 0 Å². The number of benzene rings is 9. The first kappa shape index (κ1) is 41.7. The Labute approximate surface area is 400 Å². The predicted octanol–water partition coefficient (Wildman–Crippen LogP) is 17.7. The van der Waals surface area contributed by atoms with Crippen LogP contribution in [0.15, 0.2) is 170 Å². The molecule has 13 rings (SSSR count). The van der Waals surface area contributed by atoms with Gasteiger partial charge in [0.25, 0.3) is 0 Å². The lowest BCUT2D eigenvalue weighted by Gasteiger charge is -2.25. The van der Waals surface area contributed by atoms with Gasteiger partial charge < -0.3 is 9.13 Å². The van der Waals surface area contributed by atoms with Crippen molar-refractivity contribution in [2.24, 2.45) is 0 Å². The fraction of sp³-hybridized carbons (Fsp3) is 0.0345. The summed E-state index contributed by atoms with van der Waals surface area (Å²) in [6.45, 7) is 0. The summed E-state index contributed by atoms with van der Waals surface area (Å²) >= 11 is 3.06. The van der Waals surface area contributed by atoms with Crippen molar-refractivity contribution in [3.8, 4) is 45.8 Å². The van der Waals surface area contributed by atoms with Gasteiger partial charge in [-0.3, -0.25) is 0 Å². The normalized spacial score (nSPS) is 12.4. The molecule has 334 valence electrons. The Bertz CT molecular complexity index is 4210. The largest absolute Gasteiger partial charge is 0.416 e. The van der Waals surface area contributed by atoms with Crippen LogP contribution in [0.4, 0.5) is 26.3 Å². The smallest absolute Gasteiger partial charge is 0.307 e. The summed E-state index contributed by atoms with van der Waals surface area (Å²) in [7, 11) is 0. The number of fused-ring (bicyclic) bond motifs is 12. The van der Waals surface area contributed by atoms with E-state index in [1.807, 2.05) is 97.1 Å². The lowest BCUT2D eigenvalue weighted by molar-refractivity contribution is -0.138. The van der Waals surface area contributed by atoms with Crippen molar-refractivity contribution in [1.29, 1.82) is 10.5 Å². The molecule has 12 heteroatoms. The summed E-state index contributed by atoms with van der Waals surface area (Å²) in [4.78, 5) is 0. The average molecular weight is 959 g/mol. The molecule has 4 nitrogen and oxygen atoms in total. The third-order valence-corrected chi connectivity index (χ3v) is 15.7. The minimum absolute atomic E-state index is 0.00105. The SMILES string of the molecule is N#Cc1c(-c2ccc3c(c2)sc2ccccc23)c(-n2c3ccccc3c3ccc(C(F)(F)F)cc32)c(C#N)c(-c2ccc3c(c2)sc2ccccc23)c1-n1c2ccccc2c2ccc(C(F)(F)F)cc21. The van der Waals surface area contributed by atoms with Gasteiger partial charge in [-0.25, -0.2) is 0 Å². The van der Waals surface area contributed by atoms with Crippen LogP contribution in [0.25, 0.3) is 118 Å². The van der Waals surface area contributed by atoms with Crippen LogP contribution in [0.3, 0.4) is 0 Å². The highest BCUT2D eigenvalue weighted by molar-refractivity contribution is 7.26. The van der Waals surface area contributed by atoms with Gasteiger partial charge in [0.05, 0.1) is 55.7 Å². The van der Waals surface area contributed by atoms with E-state index in [2.05, 4.69) is 12.1 Å². The molecule has 0 fully saturated rings. The van der Waals surface area contributed by atoms with Gasteiger partial charge in [-0.2, -0.15) is 36.9 Å². The molecule has 4 heterocycles. The molecule has 70 heavy (non-hydrogen) atoms. The van der Waals surface area contributed by atoms with Crippen LogP contribution in [-0.2, 0) is 12.4 Å². The Balaban J connectivity index is 1.29. The van der Waals surface area contributed by atoms with Crippen LogP contribution in [0.2, 0.25) is 0 Å². The zero-order valence-corrected chi connectivity index (χ0v) is 37.7. The minimum atomic E-state index is -4.74. The number of halogens is 6. The van der Waals surface area contributed by atoms with Crippen molar-refractivity contribution < 1.29 is 26.3 Å². The molecule has 0 aliphatic heterocycles.